The Hall–Kier alpha value is -3.15. The summed E-state index contributed by atoms with van der Waals surface area (Å²) in [7, 11) is 0. The number of rotatable bonds is 8. The number of carbonyl (C=O) groups is 1. The summed E-state index contributed by atoms with van der Waals surface area (Å²) < 4.78 is 10.7. The average Bonchev–Trinajstić information content (AvgIpc) is 3.14. The summed E-state index contributed by atoms with van der Waals surface area (Å²) in [6.45, 7) is 0.717. The fourth-order valence-electron chi connectivity index (χ4n) is 2.23. The maximum absolute atomic E-state index is 11.8. The zero-order chi connectivity index (χ0) is 17.3. The maximum atomic E-state index is 11.8. The van der Waals surface area contributed by atoms with Gasteiger partial charge in [-0.1, -0.05) is 53.7 Å². The summed E-state index contributed by atoms with van der Waals surface area (Å²) in [6, 6.07) is 19.1. The molecular weight excluding hydrogens is 318 g/mol. The number of aromatic nitrogens is 2. The number of amides is 1. The first-order valence-electron chi connectivity index (χ1n) is 8.14. The smallest absolute Gasteiger partial charge is 0.246 e. The van der Waals surface area contributed by atoms with Gasteiger partial charge in [-0.3, -0.25) is 4.79 Å². The summed E-state index contributed by atoms with van der Waals surface area (Å²) in [5, 5.41) is 6.69. The maximum Gasteiger partial charge on any atom is 0.246 e. The molecule has 0 saturated carbocycles. The second-order valence-electron chi connectivity index (χ2n) is 5.42. The zero-order valence-electron chi connectivity index (χ0n) is 13.7. The lowest BCUT2D eigenvalue weighted by atomic mass is 10.2. The molecule has 3 rings (SSSR count). The number of carbonyl (C=O) groups excluding carboxylic acids is 1. The predicted octanol–water partition coefficient (Wildman–Crippen LogP) is 3.21. The molecule has 3 aromatic rings. The Morgan fingerprint density at radius 2 is 1.76 bits per heavy atom. The summed E-state index contributed by atoms with van der Waals surface area (Å²) in [5.41, 5.74) is 0.877. The molecule has 1 aromatic heterocycles. The molecule has 0 radical (unpaired) electrons. The van der Waals surface area contributed by atoms with Crippen LogP contribution >= 0.6 is 0 Å². The van der Waals surface area contributed by atoms with Gasteiger partial charge >= 0.3 is 0 Å². The molecule has 6 nitrogen and oxygen atoms in total. The van der Waals surface area contributed by atoms with E-state index in [2.05, 4.69) is 15.5 Å². The van der Waals surface area contributed by atoms with E-state index in [0.717, 1.165) is 11.3 Å². The molecule has 6 heteroatoms. The second kappa shape index (κ2) is 8.63. The van der Waals surface area contributed by atoms with E-state index in [0.29, 0.717) is 31.2 Å². The van der Waals surface area contributed by atoms with E-state index >= 15 is 0 Å². The molecule has 0 aliphatic heterocycles. The SMILES string of the molecule is O=C(CCCOc1ccccc1)NCc1nc(-c2ccccc2)no1. The Kier molecular flexibility index (Phi) is 5.77. The molecule has 25 heavy (non-hydrogen) atoms. The van der Waals surface area contributed by atoms with E-state index in [4.69, 9.17) is 9.26 Å². The zero-order valence-corrected chi connectivity index (χ0v) is 13.7. The Balaban J connectivity index is 1.37. The van der Waals surface area contributed by atoms with E-state index in [1.54, 1.807) is 0 Å². The molecule has 1 amide bonds. The fourth-order valence-corrected chi connectivity index (χ4v) is 2.23. The molecule has 0 fully saturated rings. The summed E-state index contributed by atoms with van der Waals surface area (Å²) in [6.07, 6.45) is 1.02. The van der Waals surface area contributed by atoms with Crippen LogP contribution in [0.3, 0.4) is 0 Å². The van der Waals surface area contributed by atoms with E-state index in [-0.39, 0.29) is 12.5 Å². The molecule has 0 atom stereocenters. The first-order valence-corrected chi connectivity index (χ1v) is 8.14. The Labute approximate surface area is 145 Å². The number of hydrogen-bond acceptors (Lipinski definition) is 5. The molecule has 2 aromatic carbocycles. The summed E-state index contributed by atoms with van der Waals surface area (Å²) in [4.78, 5) is 16.1. The van der Waals surface area contributed by atoms with Crippen LogP contribution in [0, 0.1) is 0 Å². The van der Waals surface area contributed by atoms with Gasteiger partial charge in [0, 0.05) is 12.0 Å². The molecule has 0 saturated heterocycles. The highest BCUT2D eigenvalue weighted by Gasteiger charge is 2.09. The van der Waals surface area contributed by atoms with Crippen LogP contribution < -0.4 is 10.1 Å². The van der Waals surface area contributed by atoms with E-state index in [1.165, 1.54) is 0 Å². The first kappa shape index (κ1) is 16.7. The number of nitrogens with zero attached hydrogens (tertiary/aromatic N) is 2. The van der Waals surface area contributed by atoms with Crippen LogP contribution in [0.5, 0.6) is 5.75 Å². The number of hydrogen-bond donors (Lipinski definition) is 1. The molecule has 0 aliphatic rings. The van der Waals surface area contributed by atoms with Gasteiger partial charge in [0.15, 0.2) is 0 Å². The van der Waals surface area contributed by atoms with Gasteiger partial charge in [0.2, 0.25) is 17.6 Å². The van der Waals surface area contributed by atoms with Crippen LogP contribution in [0.25, 0.3) is 11.4 Å². The van der Waals surface area contributed by atoms with Gasteiger partial charge in [-0.05, 0) is 18.6 Å². The van der Waals surface area contributed by atoms with E-state index in [9.17, 15) is 4.79 Å². The molecule has 0 aliphatic carbocycles. The van der Waals surface area contributed by atoms with Crippen molar-refractivity contribution >= 4 is 5.91 Å². The minimum atomic E-state index is -0.0730. The minimum Gasteiger partial charge on any atom is -0.494 e. The molecule has 0 spiro atoms. The van der Waals surface area contributed by atoms with Crippen molar-refractivity contribution in [3.63, 3.8) is 0 Å². The van der Waals surface area contributed by atoms with Gasteiger partial charge in [-0.25, -0.2) is 0 Å². The Bertz CT molecular complexity index is 788. The second-order valence-corrected chi connectivity index (χ2v) is 5.42. The molecule has 128 valence electrons. The van der Waals surface area contributed by atoms with Crippen molar-refractivity contribution in [1.29, 1.82) is 0 Å². The number of para-hydroxylation sites is 1. The van der Waals surface area contributed by atoms with Crippen LogP contribution in [-0.2, 0) is 11.3 Å². The lowest BCUT2D eigenvalue weighted by molar-refractivity contribution is -0.121. The van der Waals surface area contributed by atoms with Crippen molar-refractivity contribution in [3.05, 3.63) is 66.6 Å². The van der Waals surface area contributed by atoms with Crippen molar-refractivity contribution in [1.82, 2.24) is 15.5 Å². The van der Waals surface area contributed by atoms with Crippen molar-refractivity contribution in [2.24, 2.45) is 0 Å². The van der Waals surface area contributed by atoms with Gasteiger partial charge in [0.1, 0.15) is 5.75 Å². The van der Waals surface area contributed by atoms with Gasteiger partial charge in [-0.15, -0.1) is 0 Å². The third-order valence-corrected chi connectivity index (χ3v) is 3.50. The monoisotopic (exact) mass is 337 g/mol. The molecule has 1 N–H and O–H groups in total. The molecule has 0 bridgehead atoms. The van der Waals surface area contributed by atoms with Crippen LogP contribution in [0.1, 0.15) is 18.7 Å². The lowest BCUT2D eigenvalue weighted by Crippen LogP contribution is -2.23. The summed E-state index contributed by atoms with van der Waals surface area (Å²) >= 11 is 0. The van der Waals surface area contributed by atoms with Crippen LogP contribution in [-0.4, -0.2) is 22.7 Å². The Morgan fingerprint density at radius 1 is 1.04 bits per heavy atom. The number of nitrogens with one attached hydrogen (secondary N) is 1. The lowest BCUT2D eigenvalue weighted by Gasteiger charge is -2.05. The quantitative estimate of drug-likeness (QED) is 0.639. The van der Waals surface area contributed by atoms with E-state index in [1.807, 2.05) is 60.7 Å². The van der Waals surface area contributed by atoms with Crippen molar-refractivity contribution in [2.75, 3.05) is 6.61 Å². The molecular formula is C19H19N3O3. The van der Waals surface area contributed by atoms with E-state index < -0.39 is 0 Å². The Morgan fingerprint density at radius 3 is 2.52 bits per heavy atom. The predicted molar refractivity (Wildman–Crippen MR) is 92.8 cm³/mol. The topological polar surface area (TPSA) is 77.2 Å². The normalized spacial score (nSPS) is 10.4. The molecule has 1 heterocycles. The van der Waals surface area contributed by atoms with Crippen molar-refractivity contribution in [3.8, 4) is 17.1 Å². The van der Waals surface area contributed by atoms with Gasteiger partial charge in [-0.2, -0.15) is 4.98 Å². The van der Waals surface area contributed by atoms with Crippen molar-refractivity contribution < 1.29 is 14.1 Å². The van der Waals surface area contributed by atoms with Crippen molar-refractivity contribution in [2.45, 2.75) is 19.4 Å². The first-order chi connectivity index (χ1) is 12.3. The van der Waals surface area contributed by atoms with Crippen LogP contribution in [0.15, 0.2) is 65.2 Å². The third-order valence-electron chi connectivity index (χ3n) is 3.50. The number of benzene rings is 2. The largest absolute Gasteiger partial charge is 0.494 e. The summed E-state index contributed by atoms with van der Waals surface area (Å²) in [5.74, 6) is 1.63. The highest BCUT2D eigenvalue weighted by atomic mass is 16.5. The average molecular weight is 337 g/mol. The van der Waals surface area contributed by atoms with Crippen LogP contribution in [0.2, 0.25) is 0 Å². The van der Waals surface area contributed by atoms with Crippen LogP contribution in [0.4, 0.5) is 0 Å². The van der Waals surface area contributed by atoms with Gasteiger partial charge in [0.05, 0.1) is 13.2 Å². The highest BCUT2D eigenvalue weighted by molar-refractivity contribution is 5.75. The number of ether oxygens (including phenoxy) is 1. The molecule has 0 unspecified atom stereocenters. The fraction of sp³-hybridized carbons (Fsp3) is 0.211. The highest BCUT2D eigenvalue weighted by Crippen LogP contribution is 2.14. The minimum absolute atomic E-state index is 0.0730. The standard InChI is InChI=1S/C19H19N3O3/c23-17(12-7-13-24-16-10-5-2-6-11-16)20-14-18-21-19(22-25-18)15-8-3-1-4-9-15/h1-6,8-11H,7,12-14H2,(H,20,23). The van der Waals surface area contributed by atoms with Gasteiger partial charge < -0.3 is 14.6 Å². The van der Waals surface area contributed by atoms with Gasteiger partial charge in [0.25, 0.3) is 0 Å². The third kappa shape index (κ3) is 5.17.